The molecule has 0 amide bonds. The number of aryl methyl sites for hydroxylation is 1. The van der Waals surface area contributed by atoms with Crippen LogP contribution >= 0.6 is 0 Å². The molecule has 0 bridgehead atoms. The number of alkyl halides is 2. The molecular formula is C18H23F3. The Morgan fingerprint density at radius 1 is 1.14 bits per heavy atom. The van der Waals surface area contributed by atoms with Crippen molar-refractivity contribution in [3.05, 3.63) is 34.6 Å². The SMILES string of the molecule is CCCc1cc(F)c2c(c1)CC(C1CCCCC1)C2(F)F. The highest BCUT2D eigenvalue weighted by Gasteiger charge is 2.53. The Morgan fingerprint density at radius 3 is 2.52 bits per heavy atom. The lowest BCUT2D eigenvalue weighted by Gasteiger charge is -2.31. The van der Waals surface area contributed by atoms with Crippen LogP contribution in [-0.4, -0.2) is 0 Å². The van der Waals surface area contributed by atoms with Gasteiger partial charge >= 0.3 is 0 Å². The van der Waals surface area contributed by atoms with Gasteiger partial charge in [0.15, 0.2) is 0 Å². The Morgan fingerprint density at radius 2 is 1.86 bits per heavy atom. The van der Waals surface area contributed by atoms with E-state index in [9.17, 15) is 13.2 Å². The molecule has 0 saturated heterocycles. The van der Waals surface area contributed by atoms with Crippen molar-refractivity contribution in [1.29, 1.82) is 0 Å². The highest BCUT2D eigenvalue weighted by atomic mass is 19.3. The average Bonchev–Trinajstić information content (AvgIpc) is 2.72. The van der Waals surface area contributed by atoms with Crippen molar-refractivity contribution >= 4 is 0 Å². The fourth-order valence-electron chi connectivity index (χ4n) is 4.24. The molecule has 0 radical (unpaired) electrons. The Balaban J connectivity index is 1.93. The van der Waals surface area contributed by atoms with E-state index in [4.69, 9.17) is 0 Å². The quantitative estimate of drug-likeness (QED) is 0.679. The number of hydrogen-bond acceptors (Lipinski definition) is 0. The van der Waals surface area contributed by atoms with Crippen LogP contribution in [0.5, 0.6) is 0 Å². The summed E-state index contributed by atoms with van der Waals surface area (Å²) in [6.07, 6.45) is 6.98. The molecule has 0 nitrogen and oxygen atoms in total. The lowest BCUT2D eigenvalue weighted by molar-refractivity contribution is -0.0819. The molecule has 2 aliphatic carbocycles. The van der Waals surface area contributed by atoms with Crippen LogP contribution in [0.3, 0.4) is 0 Å². The van der Waals surface area contributed by atoms with Crippen LogP contribution in [0.2, 0.25) is 0 Å². The second-order valence-corrected chi connectivity index (χ2v) is 6.69. The van der Waals surface area contributed by atoms with E-state index in [1.54, 1.807) is 0 Å². The van der Waals surface area contributed by atoms with Gasteiger partial charge in [0.1, 0.15) is 5.82 Å². The topological polar surface area (TPSA) is 0 Å². The van der Waals surface area contributed by atoms with Crippen molar-refractivity contribution < 1.29 is 13.2 Å². The third-order valence-corrected chi connectivity index (χ3v) is 5.23. The van der Waals surface area contributed by atoms with E-state index in [-0.39, 0.29) is 11.5 Å². The molecule has 1 atom stereocenters. The monoisotopic (exact) mass is 296 g/mol. The molecule has 0 aliphatic heterocycles. The Bertz CT molecular complexity index is 515. The van der Waals surface area contributed by atoms with Crippen LogP contribution < -0.4 is 0 Å². The summed E-state index contributed by atoms with van der Waals surface area (Å²) in [7, 11) is 0. The molecule has 21 heavy (non-hydrogen) atoms. The summed E-state index contributed by atoms with van der Waals surface area (Å²) in [4.78, 5) is 0. The first-order valence-corrected chi connectivity index (χ1v) is 8.23. The first-order chi connectivity index (χ1) is 10.0. The number of hydrogen-bond donors (Lipinski definition) is 0. The van der Waals surface area contributed by atoms with Crippen LogP contribution in [0.1, 0.15) is 62.1 Å². The van der Waals surface area contributed by atoms with E-state index in [1.165, 1.54) is 6.07 Å². The van der Waals surface area contributed by atoms with Crippen molar-refractivity contribution in [2.75, 3.05) is 0 Å². The molecule has 1 aromatic carbocycles. The normalized spacial score (nSPS) is 25.0. The van der Waals surface area contributed by atoms with E-state index in [2.05, 4.69) is 0 Å². The zero-order valence-electron chi connectivity index (χ0n) is 12.6. The van der Waals surface area contributed by atoms with Crippen LogP contribution in [0.25, 0.3) is 0 Å². The standard InChI is InChI=1S/C18H23F3/c1-2-6-12-9-14-11-15(13-7-4-3-5-8-13)18(20,21)17(14)16(19)10-12/h9-10,13,15H,2-8,11H2,1H3. The maximum atomic E-state index is 14.7. The molecule has 3 heteroatoms. The van der Waals surface area contributed by atoms with Crippen LogP contribution in [-0.2, 0) is 18.8 Å². The van der Waals surface area contributed by atoms with Crippen molar-refractivity contribution in [3.8, 4) is 0 Å². The lowest BCUT2D eigenvalue weighted by Crippen LogP contribution is -2.30. The highest BCUT2D eigenvalue weighted by Crippen LogP contribution is 2.53. The van der Waals surface area contributed by atoms with E-state index in [1.807, 2.05) is 13.0 Å². The predicted octanol–water partition coefficient (Wildman–Crippen LogP) is 5.62. The molecule has 0 aromatic heterocycles. The zero-order valence-corrected chi connectivity index (χ0v) is 12.6. The average molecular weight is 296 g/mol. The van der Waals surface area contributed by atoms with Crippen LogP contribution in [0, 0.1) is 17.7 Å². The molecule has 0 heterocycles. The Kier molecular flexibility index (Phi) is 4.02. The van der Waals surface area contributed by atoms with E-state index < -0.39 is 17.7 Å². The predicted molar refractivity (Wildman–Crippen MR) is 78.1 cm³/mol. The van der Waals surface area contributed by atoms with Crippen molar-refractivity contribution in [2.45, 2.75) is 64.2 Å². The minimum absolute atomic E-state index is 0.0511. The van der Waals surface area contributed by atoms with E-state index in [0.29, 0.717) is 12.0 Å². The van der Waals surface area contributed by atoms with Gasteiger partial charge in [-0.2, -0.15) is 0 Å². The van der Waals surface area contributed by atoms with Gasteiger partial charge in [-0.3, -0.25) is 0 Å². The maximum absolute atomic E-state index is 14.7. The van der Waals surface area contributed by atoms with Crippen LogP contribution in [0.4, 0.5) is 13.2 Å². The van der Waals surface area contributed by atoms with E-state index >= 15 is 0 Å². The molecule has 116 valence electrons. The van der Waals surface area contributed by atoms with Crippen LogP contribution in [0.15, 0.2) is 12.1 Å². The van der Waals surface area contributed by atoms with Crippen molar-refractivity contribution in [2.24, 2.45) is 11.8 Å². The highest BCUT2D eigenvalue weighted by molar-refractivity contribution is 5.41. The summed E-state index contributed by atoms with van der Waals surface area (Å²) < 4.78 is 43.7. The van der Waals surface area contributed by atoms with Gasteiger partial charge in [0.2, 0.25) is 0 Å². The van der Waals surface area contributed by atoms with E-state index in [0.717, 1.165) is 50.5 Å². The first-order valence-electron chi connectivity index (χ1n) is 8.23. The van der Waals surface area contributed by atoms with Gasteiger partial charge in [-0.05, 0) is 48.8 Å². The van der Waals surface area contributed by atoms with Gasteiger partial charge in [0, 0.05) is 5.92 Å². The fourth-order valence-corrected chi connectivity index (χ4v) is 4.24. The van der Waals surface area contributed by atoms with Gasteiger partial charge in [0.05, 0.1) is 5.56 Å². The maximum Gasteiger partial charge on any atom is 0.279 e. The fraction of sp³-hybridized carbons (Fsp3) is 0.667. The van der Waals surface area contributed by atoms with Gasteiger partial charge in [-0.1, -0.05) is 38.7 Å². The van der Waals surface area contributed by atoms with Gasteiger partial charge in [-0.25, -0.2) is 13.2 Å². The molecule has 1 saturated carbocycles. The lowest BCUT2D eigenvalue weighted by atomic mass is 9.77. The summed E-state index contributed by atoms with van der Waals surface area (Å²) >= 11 is 0. The second-order valence-electron chi connectivity index (χ2n) is 6.69. The Hall–Kier alpha value is -0.990. The molecule has 1 fully saturated rings. The minimum Gasteiger partial charge on any atom is -0.206 e. The molecule has 2 aliphatic rings. The first kappa shape index (κ1) is 14.9. The summed E-state index contributed by atoms with van der Waals surface area (Å²) in [6.45, 7) is 2.02. The third-order valence-electron chi connectivity index (χ3n) is 5.23. The number of rotatable bonds is 3. The molecule has 1 unspecified atom stereocenters. The number of benzene rings is 1. The number of halogens is 3. The minimum atomic E-state index is -2.99. The van der Waals surface area contributed by atoms with Gasteiger partial charge in [0.25, 0.3) is 5.92 Å². The Labute approximate surface area is 124 Å². The summed E-state index contributed by atoms with van der Waals surface area (Å²) in [5.74, 6) is -4.33. The smallest absolute Gasteiger partial charge is 0.206 e. The zero-order chi connectivity index (χ0) is 15.0. The molecule has 1 aromatic rings. The third kappa shape index (κ3) is 2.60. The van der Waals surface area contributed by atoms with Gasteiger partial charge in [-0.15, -0.1) is 0 Å². The molecular weight excluding hydrogens is 273 g/mol. The van der Waals surface area contributed by atoms with Gasteiger partial charge < -0.3 is 0 Å². The van der Waals surface area contributed by atoms with Crippen molar-refractivity contribution in [1.82, 2.24) is 0 Å². The second kappa shape index (κ2) is 5.66. The summed E-state index contributed by atoms with van der Waals surface area (Å²) in [6, 6.07) is 3.14. The number of fused-ring (bicyclic) bond motifs is 1. The molecule has 0 spiro atoms. The molecule has 3 rings (SSSR count). The summed E-state index contributed by atoms with van der Waals surface area (Å²) in [5.41, 5.74) is 1.10. The van der Waals surface area contributed by atoms with Crippen molar-refractivity contribution in [3.63, 3.8) is 0 Å². The largest absolute Gasteiger partial charge is 0.279 e. The molecule has 0 N–H and O–H groups in total. The summed E-state index contributed by atoms with van der Waals surface area (Å²) in [5, 5.41) is 0.